The topological polar surface area (TPSA) is 54.5 Å². The predicted molar refractivity (Wildman–Crippen MR) is 119 cm³/mol. The second kappa shape index (κ2) is 9.09. The fourth-order valence-electron chi connectivity index (χ4n) is 3.46. The lowest BCUT2D eigenvalue weighted by Gasteiger charge is -2.25. The van der Waals surface area contributed by atoms with E-state index in [4.69, 9.17) is 9.72 Å². The first kappa shape index (κ1) is 19.5. The maximum Gasteiger partial charge on any atom is 0.268 e. The molecule has 1 fully saturated rings. The van der Waals surface area contributed by atoms with Gasteiger partial charge in [0.25, 0.3) is 5.91 Å². The molecule has 0 unspecified atom stereocenters. The van der Waals surface area contributed by atoms with Crippen molar-refractivity contribution in [2.45, 2.75) is 26.2 Å². The van der Waals surface area contributed by atoms with Gasteiger partial charge in [0.2, 0.25) is 0 Å². The van der Waals surface area contributed by atoms with Crippen LogP contribution in [0.3, 0.4) is 0 Å². The number of piperidine rings is 1. The number of nitrogens with zero attached hydrogens (tertiary/aromatic N) is 2. The predicted octanol–water partition coefficient (Wildman–Crippen LogP) is 5.45. The number of aromatic nitrogens is 1. The highest BCUT2D eigenvalue weighted by Gasteiger charge is 2.23. The number of carbonyl (C=O) groups is 1. The van der Waals surface area contributed by atoms with E-state index in [1.165, 1.54) is 30.6 Å². The summed E-state index contributed by atoms with van der Waals surface area (Å²) < 4.78 is 5.47. The lowest BCUT2D eigenvalue weighted by molar-refractivity contribution is 0.103. The zero-order valence-electron chi connectivity index (χ0n) is 16.6. The van der Waals surface area contributed by atoms with E-state index >= 15 is 0 Å². The van der Waals surface area contributed by atoms with Gasteiger partial charge in [0, 0.05) is 24.3 Å². The molecule has 4 rings (SSSR count). The summed E-state index contributed by atoms with van der Waals surface area (Å²) in [5.74, 6) is 0.662. The van der Waals surface area contributed by atoms with Crippen molar-refractivity contribution < 1.29 is 9.53 Å². The van der Waals surface area contributed by atoms with E-state index in [2.05, 4.69) is 10.2 Å². The fraction of sp³-hybridized carbons (Fsp3) is 0.304. The number of rotatable bonds is 6. The molecule has 1 aromatic heterocycles. The van der Waals surface area contributed by atoms with E-state index in [1.54, 1.807) is 0 Å². The number of benzene rings is 2. The minimum absolute atomic E-state index is 0.131. The summed E-state index contributed by atoms with van der Waals surface area (Å²) in [6.07, 6.45) is 3.61. The molecule has 0 aliphatic carbocycles. The number of hydrogen-bond acceptors (Lipinski definition) is 5. The van der Waals surface area contributed by atoms with Crippen molar-refractivity contribution in [1.29, 1.82) is 0 Å². The Morgan fingerprint density at radius 3 is 2.48 bits per heavy atom. The SMILES string of the molecule is CCOc1ccc(NC(=O)c2sc(N3CCCCC3)nc2-c2ccccc2)cc1. The fourth-order valence-corrected chi connectivity index (χ4v) is 4.50. The van der Waals surface area contributed by atoms with Crippen LogP contribution in [0.4, 0.5) is 10.8 Å². The minimum Gasteiger partial charge on any atom is -0.494 e. The van der Waals surface area contributed by atoms with Gasteiger partial charge in [0.15, 0.2) is 5.13 Å². The van der Waals surface area contributed by atoms with E-state index in [-0.39, 0.29) is 5.91 Å². The molecule has 2 aromatic carbocycles. The van der Waals surface area contributed by atoms with Crippen molar-refractivity contribution in [3.05, 3.63) is 59.5 Å². The number of thiazole rings is 1. The smallest absolute Gasteiger partial charge is 0.268 e. The van der Waals surface area contributed by atoms with Crippen LogP contribution in [0, 0.1) is 0 Å². The van der Waals surface area contributed by atoms with Gasteiger partial charge in [-0.3, -0.25) is 4.79 Å². The Morgan fingerprint density at radius 2 is 1.79 bits per heavy atom. The zero-order chi connectivity index (χ0) is 20.1. The second-order valence-electron chi connectivity index (χ2n) is 7.00. The van der Waals surface area contributed by atoms with Crippen LogP contribution in [0.5, 0.6) is 5.75 Å². The van der Waals surface area contributed by atoms with Crippen molar-refractivity contribution in [2.24, 2.45) is 0 Å². The monoisotopic (exact) mass is 407 g/mol. The summed E-state index contributed by atoms with van der Waals surface area (Å²) in [6.45, 7) is 4.57. The summed E-state index contributed by atoms with van der Waals surface area (Å²) in [4.78, 5) is 20.9. The third-order valence-electron chi connectivity index (χ3n) is 4.92. The van der Waals surface area contributed by atoms with Crippen LogP contribution in [-0.4, -0.2) is 30.6 Å². The molecule has 29 heavy (non-hydrogen) atoms. The van der Waals surface area contributed by atoms with Crippen molar-refractivity contribution in [1.82, 2.24) is 4.98 Å². The molecule has 0 saturated carbocycles. The number of nitrogens with one attached hydrogen (secondary N) is 1. The quantitative estimate of drug-likeness (QED) is 0.590. The molecule has 0 atom stereocenters. The van der Waals surface area contributed by atoms with Gasteiger partial charge in [-0.25, -0.2) is 4.98 Å². The molecule has 1 saturated heterocycles. The lowest BCUT2D eigenvalue weighted by Crippen LogP contribution is -2.29. The molecule has 1 aliphatic heterocycles. The average Bonchev–Trinajstić information content (AvgIpc) is 3.22. The Bertz CT molecular complexity index is 948. The summed E-state index contributed by atoms with van der Waals surface area (Å²) in [7, 11) is 0. The molecule has 5 nitrogen and oxygen atoms in total. The Kier molecular flexibility index (Phi) is 6.10. The van der Waals surface area contributed by atoms with E-state index in [1.807, 2.05) is 61.5 Å². The maximum absolute atomic E-state index is 13.1. The largest absolute Gasteiger partial charge is 0.494 e. The van der Waals surface area contributed by atoms with E-state index in [9.17, 15) is 4.79 Å². The van der Waals surface area contributed by atoms with E-state index in [0.717, 1.165) is 40.9 Å². The van der Waals surface area contributed by atoms with Crippen LogP contribution in [0.25, 0.3) is 11.3 Å². The van der Waals surface area contributed by atoms with Gasteiger partial charge in [0.1, 0.15) is 10.6 Å². The van der Waals surface area contributed by atoms with Crippen molar-refractivity contribution in [3.8, 4) is 17.0 Å². The lowest BCUT2D eigenvalue weighted by atomic mass is 10.1. The summed E-state index contributed by atoms with van der Waals surface area (Å²) in [5, 5.41) is 3.94. The zero-order valence-corrected chi connectivity index (χ0v) is 17.4. The first-order chi connectivity index (χ1) is 14.2. The third-order valence-corrected chi connectivity index (χ3v) is 6.03. The second-order valence-corrected chi connectivity index (χ2v) is 7.98. The molecule has 0 radical (unpaired) electrons. The van der Waals surface area contributed by atoms with Gasteiger partial charge in [-0.2, -0.15) is 0 Å². The van der Waals surface area contributed by atoms with Crippen LogP contribution in [0.15, 0.2) is 54.6 Å². The average molecular weight is 408 g/mol. The Morgan fingerprint density at radius 1 is 1.07 bits per heavy atom. The third kappa shape index (κ3) is 4.59. The van der Waals surface area contributed by atoms with Crippen LogP contribution in [0.1, 0.15) is 35.9 Å². The van der Waals surface area contributed by atoms with Gasteiger partial charge in [0.05, 0.1) is 12.3 Å². The molecule has 0 spiro atoms. The van der Waals surface area contributed by atoms with Crippen LogP contribution >= 0.6 is 11.3 Å². The molecule has 1 aliphatic rings. The molecule has 3 aromatic rings. The molecule has 6 heteroatoms. The molecule has 1 N–H and O–H groups in total. The summed E-state index contributed by atoms with van der Waals surface area (Å²) in [5.41, 5.74) is 2.45. The number of ether oxygens (including phenoxy) is 1. The van der Waals surface area contributed by atoms with Crippen LogP contribution < -0.4 is 15.0 Å². The Labute approximate surface area is 175 Å². The normalized spacial score (nSPS) is 13.9. The maximum atomic E-state index is 13.1. The number of hydrogen-bond donors (Lipinski definition) is 1. The number of amides is 1. The molecule has 1 amide bonds. The van der Waals surface area contributed by atoms with Gasteiger partial charge in [-0.15, -0.1) is 0 Å². The Hall–Kier alpha value is -2.86. The van der Waals surface area contributed by atoms with Gasteiger partial charge in [-0.1, -0.05) is 41.7 Å². The van der Waals surface area contributed by atoms with Crippen molar-refractivity contribution >= 4 is 28.1 Å². The van der Waals surface area contributed by atoms with E-state index < -0.39 is 0 Å². The van der Waals surface area contributed by atoms with E-state index in [0.29, 0.717) is 11.5 Å². The standard InChI is InChI=1S/C23H25N3O2S/c1-2-28-19-13-11-18(12-14-19)24-22(27)21-20(17-9-5-3-6-10-17)25-23(29-21)26-15-7-4-8-16-26/h3,5-6,9-14H,2,4,7-8,15-16H2,1H3,(H,24,27). The number of carbonyl (C=O) groups excluding carboxylic acids is 1. The van der Waals surface area contributed by atoms with Crippen LogP contribution in [-0.2, 0) is 0 Å². The Balaban J connectivity index is 1.61. The summed E-state index contributed by atoms with van der Waals surface area (Å²) >= 11 is 1.48. The molecular formula is C23H25N3O2S. The first-order valence-corrected chi connectivity index (χ1v) is 10.9. The molecular weight excluding hydrogens is 382 g/mol. The first-order valence-electron chi connectivity index (χ1n) is 10.1. The number of anilines is 2. The highest BCUT2D eigenvalue weighted by molar-refractivity contribution is 7.18. The van der Waals surface area contributed by atoms with Crippen molar-refractivity contribution in [2.75, 3.05) is 29.9 Å². The van der Waals surface area contributed by atoms with Gasteiger partial charge >= 0.3 is 0 Å². The van der Waals surface area contributed by atoms with Gasteiger partial charge in [-0.05, 0) is 50.5 Å². The van der Waals surface area contributed by atoms with Crippen LogP contribution in [0.2, 0.25) is 0 Å². The minimum atomic E-state index is -0.131. The molecule has 2 heterocycles. The van der Waals surface area contributed by atoms with Crippen molar-refractivity contribution in [3.63, 3.8) is 0 Å². The molecule has 0 bridgehead atoms. The summed E-state index contributed by atoms with van der Waals surface area (Å²) in [6, 6.07) is 17.4. The highest BCUT2D eigenvalue weighted by atomic mass is 32.1. The van der Waals surface area contributed by atoms with Gasteiger partial charge < -0.3 is 15.0 Å². The molecule has 150 valence electrons. The highest BCUT2D eigenvalue weighted by Crippen LogP contribution is 2.35.